The topological polar surface area (TPSA) is 130 Å². The predicted molar refractivity (Wildman–Crippen MR) is 325 cm³/mol. The molecule has 0 bridgehead atoms. The van der Waals surface area contributed by atoms with Gasteiger partial charge in [0, 0.05) is 37.3 Å². The molecule has 0 spiro atoms. The number of hydrogen-bond donors (Lipinski definition) is 1. The van der Waals surface area contributed by atoms with Gasteiger partial charge in [-0.25, -0.2) is 43.1 Å². The van der Waals surface area contributed by atoms with Crippen LogP contribution in [0, 0.1) is 17.5 Å². The molecule has 0 atom stereocenters. The average Bonchev–Trinajstić information content (AvgIpc) is 4.55. The molecule has 3 aliphatic heterocycles. The van der Waals surface area contributed by atoms with Crippen molar-refractivity contribution < 1.29 is 32.0 Å². The minimum absolute atomic E-state index is 0.145. The van der Waals surface area contributed by atoms with Crippen molar-refractivity contribution in [1.29, 1.82) is 0 Å². The van der Waals surface area contributed by atoms with Gasteiger partial charge in [-0.1, -0.05) is 54.1 Å². The molecule has 3 saturated heterocycles. The first-order chi connectivity index (χ1) is 39.1. The van der Waals surface area contributed by atoms with Gasteiger partial charge in [-0.3, -0.25) is 0 Å². The van der Waals surface area contributed by atoms with Crippen molar-refractivity contribution in [3.8, 4) is 22.5 Å². The number of fused-ring (bicyclic) bond motifs is 6. The summed E-state index contributed by atoms with van der Waals surface area (Å²) in [5, 5.41) is 9.89. The predicted octanol–water partition coefficient (Wildman–Crippen LogP) is 13.9. The Hall–Kier alpha value is -5.68. The van der Waals surface area contributed by atoms with E-state index in [2.05, 4.69) is 30.2 Å². The van der Waals surface area contributed by atoms with Crippen LogP contribution in [-0.4, -0.2) is 101 Å². The maximum atomic E-state index is 14.1. The summed E-state index contributed by atoms with van der Waals surface area (Å²) in [6.45, 7) is 14.9. The highest BCUT2D eigenvalue weighted by Gasteiger charge is 2.52. The minimum atomic E-state index is -0.429. The summed E-state index contributed by atoms with van der Waals surface area (Å²) in [5.41, 5.74) is 11.3. The van der Waals surface area contributed by atoms with E-state index in [1.165, 1.54) is 23.5 Å². The zero-order chi connectivity index (χ0) is 56.4. The number of hydrogen-bond acceptors (Lipinski definition) is 15. The average molecular weight is 1210 g/mol. The highest BCUT2D eigenvalue weighted by Crippen LogP contribution is 2.41. The first-order valence-corrected chi connectivity index (χ1v) is 30.0. The summed E-state index contributed by atoms with van der Waals surface area (Å²) in [4.78, 5) is 28.1. The highest BCUT2D eigenvalue weighted by atomic mass is 35.5. The minimum Gasteiger partial charge on any atom is -0.399 e. The summed E-state index contributed by atoms with van der Waals surface area (Å²) in [6, 6.07) is 15.7. The summed E-state index contributed by atoms with van der Waals surface area (Å²) in [6.07, 6.45) is 13.8. The second-order valence-corrected chi connectivity index (χ2v) is 24.1. The van der Waals surface area contributed by atoms with Gasteiger partial charge in [0.15, 0.2) is 5.15 Å². The molecule has 416 valence electrons. The number of nitrogens with one attached hydrogen (secondary N) is 1. The summed E-state index contributed by atoms with van der Waals surface area (Å²) in [7, 11) is -0.429. The van der Waals surface area contributed by atoms with Crippen LogP contribution < -0.4 is 15.7 Å². The lowest BCUT2D eigenvalue weighted by Gasteiger charge is -2.32. The Bertz CT molecular complexity index is 3880. The Morgan fingerprint density at radius 2 is 0.988 bits per heavy atom. The van der Waals surface area contributed by atoms with Crippen molar-refractivity contribution >= 4 is 136 Å². The molecule has 22 heteroatoms. The Morgan fingerprint density at radius 1 is 0.531 bits per heavy atom. The van der Waals surface area contributed by atoms with Crippen molar-refractivity contribution in [2.24, 2.45) is 0 Å². The maximum absolute atomic E-state index is 14.1. The van der Waals surface area contributed by atoms with E-state index in [0.29, 0.717) is 37.6 Å². The number of halogens is 6. The second-order valence-electron chi connectivity index (χ2n) is 20.3. The number of allylic oxidation sites excluding steroid dienone is 3. The van der Waals surface area contributed by atoms with Crippen LogP contribution in [0.2, 0.25) is 15.7 Å². The first kappa shape index (κ1) is 57.2. The molecule has 15 rings (SSSR count). The SMILES string of the molecule is C1COCCN1.CC1(C)OB(c2ccc(F)c3c2C=CC3)OC1(C)C.Clc1nc(Cl)c2sccc2n1.Fc1ccc(-c2nc(Cl)nc3ccsc23)c2c1CC=C2.Fc1ccc(-c2nc(N3CCOCC3)nc3ccsc23)c2c1CC=C2. The van der Waals surface area contributed by atoms with E-state index < -0.39 is 7.12 Å². The third kappa shape index (κ3) is 12.2. The molecule has 1 N–H and O–H groups in total. The fourth-order valence-electron chi connectivity index (χ4n) is 9.88. The quantitative estimate of drug-likeness (QED) is 0.102. The van der Waals surface area contributed by atoms with Crippen LogP contribution in [0.25, 0.3) is 71.4 Å². The molecule has 0 radical (unpaired) electrons. The Morgan fingerprint density at radius 3 is 1.52 bits per heavy atom. The Kier molecular flexibility index (Phi) is 17.4. The van der Waals surface area contributed by atoms with Crippen molar-refractivity contribution in [2.75, 3.05) is 57.5 Å². The number of thiophene rings is 3. The van der Waals surface area contributed by atoms with Gasteiger partial charge in [0.25, 0.3) is 0 Å². The van der Waals surface area contributed by atoms with E-state index in [9.17, 15) is 13.2 Å². The summed E-state index contributed by atoms with van der Waals surface area (Å²) < 4.78 is 67.1. The van der Waals surface area contributed by atoms with Crippen molar-refractivity contribution in [2.45, 2.75) is 58.2 Å². The van der Waals surface area contributed by atoms with Crippen LogP contribution in [0.5, 0.6) is 0 Å². The molecule has 6 aliphatic rings. The zero-order valence-electron chi connectivity index (χ0n) is 44.5. The molecule has 3 aliphatic carbocycles. The van der Waals surface area contributed by atoms with Crippen molar-refractivity contribution in [3.05, 3.63) is 156 Å². The largest absolute Gasteiger partial charge is 0.495 e. The van der Waals surface area contributed by atoms with E-state index in [4.69, 9.17) is 63.6 Å². The smallest absolute Gasteiger partial charge is 0.399 e. The normalized spacial score (nSPS) is 17.0. The molecule has 9 heterocycles. The molecule has 0 unspecified atom stereocenters. The zero-order valence-corrected chi connectivity index (χ0v) is 49.2. The molecule has 81 heavy (non-hydrogen) atoms. The number of benzene rings is 3. The number of ether oxygens (including phenoxy) is 2. The molecule has 0 saturated carbocycles. The fraction of sp³-hybridized carbons (Fsp3) is 0.288. The number of rotatable bonds is 4. The lowest BCUT2D eigenvalue weighted by molar-refractivity contribution is 0.00578. The lowest BCUT2D eigenvalue weighted by atomic mass is 9.75. The van der Waals surface area contributed by atoms with Crippen molar-refractivity contribution in [1.82, 2.24) is 35.2 Å². The Labute approximate surface area is 493 Å². The van der Waals surface area contributed by atoms with Gasteiger partial charge >= 0.3 is 7.12 Å². The van der Waals surface area contributed by atoms with Crippen LogP contribution in [0.3, 0.4) is 0 Å². The number of nitrogens with zero attached hydrogens (tertiary/aromatic N) is 7. The standard InChI is InChI=1S/C19H16FN3OS.C15H18BFO2.C15H8ClFN2S.C6H2Cl2N2S.C4H9NO/c20-15-5-4-14(12-2-1-3-13(12)15)17-18-16(6-11-25-18)21-19(22-17)23-7-9-24-10-8-23;1-14(2)15(3,4)19-16(18-14)12-8-9-13(17)11-7-5-6-10(11)12;16-15-18-12-6-7-20-14(12)13(19-15)10-4-5-11(17)9-3-1-2-8(9)10;7-5-4-3(1-2-11-4)9-6(8)10-5;1-3-6-4-2-5-1/h1-2,4-6,11H,3,7-10H2;5-6,8-9H,7H2,1-4H3;1-2,4-7H,3H2;1-2H;5H,1-4H2. The molecule has 9 aromatic rings. The van der Waals surface area contributed by atoms with Crippen LogP contribution in [0.15, 0.2) is 89.0 Å². The van der Waals surface area contributed by atoms with Gasteiger partial charge in [0.2, 0.25) is 16.5 Å². The van der Waals surface area contributed by atoms with Crippen molar-refractivity contribution in [3.63, 3.8) is 0 Å². The van der Waals surface area contributed by atoms with Gasteiger partial charge in [0.05, 0.1) is 79.7 Å². The summed E-state index contributed by atoms with van der Waals surface area (Å²) in [5.74, 6) is 0.259. The van der Waals surface area contributed by atoms with Gasteiger partial charge in [-0.15, -0.1) is 34.0 Å². The number of anilines is 1. The summed E-state index contributed by atoms with van der Waals surface area (Å²) >= 11 is 22.1. The van der Waals surface area contributed by atoms with Crippen LogP contribution >= 0.6 is 68.8 Å². The van der Waals surface area contributed by atoms with E-state index in [1.54, 1.807) is 40.9 Å². The molecular formula is C59H53BCl3F3N8O4S3. The molecule has 3 fully saturated rings. The molecular weight excluding hydrogens is 1160 g/mol. The van der Waals surface area contributed by atoms with Gasteiger partial charge in [0.1, 0.15) is 17.5 Å². The second kappa shape index (κ2) is 24.6. The van der Waals surface area contributed by atoms with Crippen LogP contribution in [0.4, 0.5) is 19.1 Å². The maximum Gasteiger partial charge on any atom is 0.495 e. The first-order valence-electron chi connectivity index (χ1n) is 26.3. The van der Waals surface area contributed by atoms with Gasteiger partial charge < -0.3 is 29.0 Å². The fourth-order valence-corrected chi connectivity index (χ4v) is 13.0. The number of aromatic nitrogens is 6. The third-order valence-electron chi connectivity index (χ3n) is 14.7. The van der Waals surface area contributed by atoms with E-state index in [1.807, 2.05) is 105 Å². The Balaban J connectivity index is 0.000000113. The van der Waals surface area contributed by atoms with Crippen LogP contribution in [0.1, 0.15) is 61.1 Å². The van der Waals surface area contributed by atoms with Gasteiger partial charge in [-0.05, 0) is 174 Å². The molecule has 3 aromatic carbocycles. The highest BCUT2D eigenvalue weighted by molar-refractivity contribution is 7.18. The number of morpholine rings is 2. The third-order valence-corrected chi connectivity index (χ3v) is 18.2. The molecule has 12 nitrogen and oxygen atoms in total. The van der Waals surface area contributed by atoms with E-state index in [-0.39, 0.29) is 39.2 Å². The molecule has 6 aromatic heterocycles. The van der Waals surface area contributed by atoms with Crippen LogP contribution in [-0.2, 0) is 38.0 Å². The molecule has 0 amide bonds. The van der Waals surface area contributed by atoms with E-state index in [0.717, 1.165) is 137 Å². The van der Waals surface area contributed by atoms with E-state index >= 15 is 0 Å². The lowest BCUT2D eigenvalue weighted by Crippen LogP contribution is -2.41. The van der Waals surface area contributed by atoms with Gasteiger partial charge in [-0.2, -0.15) is 0 Å². The monoisotopic (exact) mass is 1210 g/mol.